The quantitative estimate of drug-likeness (QED) is 0.486. The number of hydrogen-bond donors (Lipinski definition) is 4. The van der Waals surface area contributed by atoms with E-state index in [1.165, 1.54) is 0 Å². The summed E-state index contributed by atoms with van der Waals surface area (Å²) < 4.78 is 40.0. The molecule has 0 unspecified atom stereocenters. The Balaban J connectivity index is 1.52. The molecule has 0 fully saturated rings. The molecule has 1 aliphatic heterocycles. The summed E-state index contributed by atoms with van der Waals surface area (Å²) >= 11 is 0. The van der Waals surface area contributed by atoms with Crippen molar-refractivity contribution in [1.29, 1.82) is 0 Å². The number of aryl methyl sites for hydroxylation is 1. The lowest BCUT2D eigenvalue weighted by molar-refractivity contribution is -0.137. The molecule has 30 heavy (non-hydrogen) atoms. The number of aromatic nitrogens is 5. The van der Waals surface area contributed by atoms with Gasteiger partial charge in [0.05, 0.1) is 6.42 Å². The summed E-state index contributed by atoms with van der Waals surface area (Å²) in [6, 6.07) is 5.13. The van der Waals surface area contributed by atoms with Crippen molar-refractivity contribution in [3.8, 4) is 0 Å². The Morgan fingerprint density at radius 2 is 2.07 bits per heavy atom. The minimum Gasteiger partial charge on any atom is -0.369 e. The molecule has 1 amide bonds. The molecule has 0 radical (unpaired) electrons. The van der Waals surface area contributed by atoms with Gasteiger partial charge in [0, 0.05) is 30.5 Å². The third kappa shape index (κ3) is 4.31. The van der Waals surface area contributed by atoms with E-state index in [4.69, 9.17) is 0 Å². The van der Waals surface area contributed by atoms with Crippen LogP contribution in [0.1, 0.15) is 22.8 Å². The molecule has 3 heterocycles. The van der Waals surface area contributed by atoms with Crippen molar-refractivity contribution < 1.29 is 18.0 Å². The minimum atomic E-state index is -4.61. The molecule has 156 valence electrons. The largest absolute Gasteiger partial charge is 0.421 e. The lowest BCUT2D eigenvalue weighted by Gasteiger charge is -2.14. The first kappa shape index (κ1) is 19.6. The zero-order valence-corrected chi connectivity index (χ0v) is 15.8. The van der Waals surface area contributed by atoms with Crippen molar-refractivity contribution in [1.82, 2.24) is 25.1 Å². The van der Waals surface area contributed by atoms with E-state index in [1.54, 1.807) is 25.1 Å². The minimum absolute atomic E-state index is 0.00327. The van der Waals surface area contributed by atoms with Crippen molar-refractivity contribution in [2.24, 2.45) is 0 Å². The molecule has 0 saturated carbocycles. The van der Waals surface area contributed by atoms with Gasteiger partial charge >= 0.3 is 6.18 Å². The third-order valence-electron chi connectivity index (χ3n) is 4.37. The molecule has 0 bridgehead atoms. The maximum atomic E-state index is 13.3. The molecule has 3 aromatic rings. The van der Waals surface area contributed by atoms with E-state index in [1.807, 2.05) is 0 Å². The highest BCUT2D eigenvalue weighted by Gasteiger charge is 2.35. The van der Waals surface area contributed by atoms with E-state index in [-0.39, 0.29) is 30.6 Å². The van der Waals surface area contributed by atoms with E-state index < -0.39 is 11.7 Å². The van der Waals surface area contributed by atoms with Crippen LogP contribution in [0, 0.1) is 6.92 Å². The first-order valence-corrected chi connectivity index (χ1v) is 9.04. The average Bonchev–Trinajstić information content (AvgIpc) is 3.25. The monoisotopic (exact) mass is 418 g/mol. The lowest BCUT2D eigenvalue weighted by atomic mass is 10.1. The van der Waals surface area contributed by atoms with Gasteiger partial charge in [-0.1, -0.05) is 0 Å². The number of benzene rings is 1. The summed E-state index contributed by atoms with van der Waals surface area (Å²) in [7, 11) is 0. The second kappa shape index (κ2) is 7.61. The van der Waals surface area contributed by atoms with Gasteiger partial charge in [-0.15, -0.1) is 0 Å². The molecule has 1 aromatic carbocycles. The molecular weight excluding hydrogens is 401 g/mol. The zero-order chi connectivity index (χ0) is 21.3. The topological polar surface area (TPSA) is 121 Å². The maximum Gasteiger partial charge on any atom is 0.421 e. The average molecular weight is 418 g/mol. The van der Waals surface area contributed by atoms with Crippen LogP contribution < -0.4 is 16.0 Å². The van der Waals surface area contributed by atoms with Crippen LogP contribution in [0.5, 0.6) is 0 Å². The van der Waals surface area contributed by atoms with Gasteiger partial charge < -0.3 is 16.0 Å². The number of halogens is 3. The molecule has 2 aromatic heterocycles. The van der Waals surface area contributed by atoms with Crippen molar-refractivity contribution in [3.05, 3.63) is 47.2 Å². The zero-order valence-electron chi connectivity index (χ0n) is 15.8. The van der Waals surface area contributed by atoms with Gasteiger partial charge in [-0.3, -0.25) is 9.89 Å². The van der Waals surface area contributed by atoms with Gasteiger partial charge in [-0.05, 0) is 30.7 Å². The van der Waals surface area contributed by atoms with E-state index >= 15 is 0 Å². The number of hydrogen-bond acceptors (Lipinski definition) is 7. The number of alkyl halides is 3. The molecule has 4 N–H and O–H groups in total. The molecule has 0 atom stereocenters. The Bertz CT molecular complexity index is 1100. The summed E-state index contributed by atoms with van der Waals surface area (Å²) in [5.74, 6) is 0.658. The SMILES string of the molecule is Cc1nc(CCNc2nc(Nc3ccc4c(c3)CC(=O)N4)ncc2C(F)(F)F)n[nH]1. The number of anilines is 4. The van der Waals surface area contributed by atoms with Gasteiger partial charge in [0.15, 0.2) is 5.82 Å². The summed E-state index contributed by atoms with van der Waals surface area (Å²) in [4.78, 5) is 23.4. The van der Waals surface area contributed by atoms with E-state index in [0.29, 0.717) is 29.4 Å². The van der Waals surface area contributed by atoms with E-state index in [2.05, 4.69) is 41.1 Å². The maximum absolute atomic E-state index is 13.3. The summed E-state index contributed by atoms with van der Waals surface area (Å²) in [6.07, 6.45) is -3.32. The standard InChI is InChI=1S/C18H17F3N8O/c1-9-24-14(29-28-9)4-5-22-16-12(18(19,20)21)8-23-17(27-16)25-11-2-3-13-10(6-11)7-15(30)26-13/h2-3,6,8H,4-5,7H2,1H3,(H,26,30)(H,24,28,29)(H2,22,23,25,27). The molecule has 1 aliphatic rings. The van der Waals surface area contributed by atoms with Crippen LogP contribution in [-0.2, 0) is 23.8 Å². The number of aromatic amines is 1. The van der Waals surface area contributed by atoms with Crippen LogP contribution in [0.2, 0.25) is 0 Å². The Morgan fingerprint density at radius 3 is 2.80 bits per heavy atom. The van der Waals surface area contributed by atoms with E-state index in [0.717, 1.165) is 11.8 Å². The number of nitrogens with one attached hydrogen (secondary N) is 4. The highest BCUT2D eigenvalue weighted by Crippen LogP contribution is 2.34. The summed E-state index contributed by atoms with van der Waals surface area (Å²) in [5, 5.41) is 14.9. The molecule has 0 spiro atoms. The predicted octanol–water partition coefficient (Wildman–Crippen LogP) is 2.81. The predicted molar refractivity (Wildman–Crippen MR) is 102 cm³/mol. The second-order valence-corrected chi connectivity index (χ2v) is 6.69. The van der Waals surface area contributed by atoms with Gasteiger partial charge in [0.2, 0.25) is 11.9 Å². The summed E-state index contributed by atoms with van der Waals surface area (Å²) in [6.45, 7) is 1.89. The normalized spacial score (nSPS) is 13.1. The summed E-state index contributed by atoms with van der Waals surface area (Å²) in [5.41, 5.74) is 1.09. The fourth-order valence-corrected chi connectivity index (χ4v) is 3.01. The number of carbonyl (C=O) groups excluding carboxylic acids is 1. The van der Waals surface area contributed by atoms with Crippen molar-refractivity contribution >= 4 is 29.0 Å². The second-order valence-electron chi connectivity index (χ2n) is 6.69. The van der Waals surface area contributed by atoms with Crippen LogP contribution in [0.15, 0.2) is 24.4 Å². The van der Waals surface area contributed by atoms with E-state index in [9.17, 15) is 18.0 Å². The molecular formula is C18H17F3N8O. The third-order valence-corrected chi connectivity index (χ3v) is 4.37. The number of fused-ring (bicyclic) bond motifs is 1. The number of rotatable bonds is 6. The Morgan fingerprint density at radius 1 is 1.23 bits per heavy atom. The smallest absolute Gasteiger partial charge is 0.369 e. The van der Waals surface area contributed by atoms with Crippen molar-refractivity contribution in [2.75, 3.05) is 22.5 Å². The van der Waals surface area contributed by atoms with Crippen LogP contribution in [0.25, 0.3) is 0 Å². The molecule has 0 aliphatic carbocycles. The number of H-pyrrole nitrogens is 1. The Kier molecular flexibility index (Phi) is 4.98. The molecule has 4 rings (SSSR count). The molecule has 0 saturated heterocycles. The van der Waals surface area contributed by atoms with Crippen LogP contribution >= 0.6 is 0 Å². The number of amides is 1. The van der Waals surface area contributed by atoms with Gasteiger partial charge in [-0.25, -0.2) is 9.97 Å². The fraction of sp³-hybridized carbons (Fsp3) is 0.278. The van der Waals surface area contributed by atoms with Crippen LogP contribution in [-0.4, -0.2) is 37.6 Å². The van der Waals surface area contributed by atoms with Crippen molar-refractivity contribution in [2.45, 2.75) is 25.9 Å². The molecule has 9 nitrogen and oxygen atoms in total. The lowest BCUT2D eigenvalue weighted by Crippen LogP contribution is -2.16. The highest BCUT2D eigenvalue weighted by molar-refractivity contribution is 5.99. The Labute approximate surface area is 168 Å². The first-order chi connectivity index (χ1) is 14.3. The highest BCUT2D eigenvalue weighted by atomic mass is 19.4. The fourth-order valence-electron chi connectivity index (χ4n) is 3.01. The molecule has 12 heteroatoms. The van der Waals surface area contributed by atoms with Gasteiger partial charge in [0.1, 0.15) is 17.2 Å². The first-order valence-electron chi connectivity index (χ1n) is 9.04. The van der Waals surface area contributed by atoms with Crippen LogP contribution in [0.4, 0.5) is 36.3 Å². The number of nitrogens with zero attached hydrogens (tertiary/aromatic N) is 4. The Hall–Kier alpha value is -3.70. The van der Waals surface area contributed by atoms with Gasteiger partial charge in [-0.2, -0.15) is 23.3 Å². The van der Waals surface area contributed by atoms with Gasteiger partial charge in [0.25, 0.3) is 0 Å². The van der Waals surface area contributed by atoms with Crippen LogP contribution in [0.3, 0.4) is 0 Å². The number of carbonyl (C=O) groups is 1. The van der Waals surface area contributed by atoms with Crippen molar-refractivity contribution in [3.63, 3.8) is 0 Å².